The Morgan fingerprint density at radius 1 is 1.23 bits per heavy atom. The molecule has 148 valence electrons. The van der Waals surface area contributed by atoms with Crippen molar-refractivity contribution in [1.29, 1.82) is 0 Å². The van der Waals surface area contributed by atoms with Crippen LogP contribution in [0.3, 0.4) is 0 Å². The first-order valence-electron chi connectivity index (χ1n) is 8.34. The van der Waals surface area contributed by atoms with Gasteiger partial charge in [-0.05, 0) is 43.0 Å². The number of halogens is 5. The van der Waals surface area contributed by atoms with Crippen LogP contribution >= 0.6 is 24.0 Å². The molecule has 1 aromatic rings. The first-order valence-corrected chi connectivity index (χ1v) is 8.34. The predicted octanol–water partition coefficient (Wildman–Crippen LogP) is 3.04. The second-order valence-corrected chi connectivity index (χ2v) is 6.26. The highest BCUT2D eigenvalue weighted by molar-refractivity contribution is 14.0. The van der Waals surface area contributed by atoms with Crippen molar-refractivity contribution < 1.29 is 17.6 Å². The van der Waals surface area contributed by atoms with Crippen LogP contribution in [0, 0.1) is 11.7 Å². The molecule has 1 aromatic carbocycles. The Kier molecular flexibility index (Phi) is 9.62. The topological polar surface area (TPSA) is 39.7 Å². The Bertz CT molecular complexity index is 563. The molecule has 1 unspecified atom stereocenters. The molecule has 0 radical (unpaired) electrons. The number of hydrogen-bond donors (Lipinski definition) is 2. The van der Waals surface area contributed by atoms with E-state index >= 15 is 0 Å². The maximum absolute atomic E-state index is 12.8. The van der Waals surface area contributed by atoms with Gasteiger partial charge in [-0.2, -0.15) is 13.2 Å². The molecule has 0 amide bonds. The molecule has 1 fully saturated rings. The lowest BCUT2D eigenvalue weighted by Crippen LogP contribution is -2.41. The van der Waals surface area contributed by atoms with Gasteiger partial charge >= 0.3 is 6.18 Å². The average Bonchev–Trinajstić information content (AvgIpc) is 2.98. The minimum Gasteiger partial charge on any atom is -0.356 e. The van der Waals surface area contributed by atoms with Crippen LogP contribution in [0.25, 0.3) is 0 Å². The Labute approximate surface area is 168 Å². The monoisotopic (exact) mass is 488 g/mol. The second-order valence-electron chi connectivity index (χ2n) is 6.26. The van der Waals surface area contributed by atoms with Crippen molar-refractivity contribution in [2.24, 2.45) is 10.9 Å². The molecule has 9 heteroatoms. The molecular formula is C17H25F4IN4. The van der Waals surface area contributed by atoms with Crippen LogP contribution < -0.4 is 10.6 Å². The fourth-order valence-electron chi connectivity index (χ4n) is 2.91. The van der Waals surface area contributed by atoms with Crippen molar-refractivity contribution in [3.63, 3.8) is 0 Å². The molecule has 1 saturated heterocycles. The minimum atomic E-state index is -4.14. The summed E-state index contributed by atoms with van der Waals surface area (Å²) in [6.45, 7) is 1.30. The lowest BCUT2D eigenvalue weighted by Gasteiger charge is -2.18. The quantitative estimate of drug-likeness (QED) is 0.280. The summed E-state index contributed by atoms with van der Waals surface area (Å²) < 4.78 is 50.0. The third-order valence-corrected chi connectivity index (χ3v) is 4.17. The highest BCUT2D eigenvalue weighted by Crippen LogP contribution is 2.22. The zero-order valence-electron chi connectivity index (χ0n) is 14.7. The van der Waals surface area contributed by atoms with Gasteiger partial charge in [0, 0.05) is 26.7 Å². The van der Waals surface area contributed by atoms with E-state index < -0.39 is 12.7 Å². The van der Waals surface area contributed by atoms with E-state index in [4.69, 9.17) is 0 Å². The van der Waals surface area contributed by atoms with Gasteiger partial charge < -0.3 is 10.6 Å². The van der Waals surface area contributed by atoms with Crippen molar-refractivity contribution in [1.82, 2.24) is 15.5 Å². The molecule has 26 heavy (non-hydrogen) atoms. The van der Waals surface area contributed by atoms with Gasteiger partial charge in [-0.25, -0.2) is 4.39 Å². The molecule has 0 spiro atoms. The van der Waals surface area contributed by atoms with Crippen LogP contribution in [-0.2, 0) is 6.42 Å². The number of alkyl halides is 3. The Morgan fingerprint density at radius 3 is 2.54 bits per heavy atom. The summed E-state index contributed by atoms with van der Waals surface area (Å²) in [6, 6.07) is 6.33. The smallest absolute Gasteiger partial charge is 0.356 e. The molecular weight excluding hydrogens is 463 g/mol. The summed E-state index contributed by atoms with van der Waals surface area (Å²) in [5.41, 5.74) is 1.02. The summed E-state index contributed by atoms with van der Waals surface area (Å²) in [5, 5.41) is 6.32. The Hall–Kier alpha value is -1.10. The maximum Gasteiger partial charge on any atom is 0.401 e. The molecule has 0 aliphatic carbocycles. The molecule has 1 aliphatic rings. The Morgan fingerprint density at radius 2 is 1.92 bits per heavy atom. The summed E-state index contributed by atoms with van der Waals surface area (Å²) in [5.74, 6) is 0.541. The highest BCUT2D eigenvalue weighted by Gasteiger charge is 2.34. The highest BCUT2D eigenvalue weighted by atomic mass is 127. The van der Waals surface area contributed by atoms with Crippen molar-refractivity contribution in [2.45, 2.75) is 19.0 Å². The molecule has 0 saturated carbocycles. The van der Waals surface area contributed by atoms with E-state index in [1.165, 1.54) is 17.0 Å². The van der Waals surface area contributed by atoms with E-state index in [0.29, 0.717) is 32.1 Å². The number of likely N-dealkylation sites (tertiary alicyclic amines) is 1. The first-order chi connectivity index (χ1) is 11.9. The van der Waals surface area contributed by atoms with E-state index in [9.17, 15) is 17.6 Å². The van der Waals surface area contributed by atoms with Crippen LogP contribution in [0.2, 0.25) is 0 Å². The number of nitrogens with zero attached hydrogens (tertiary/aromatic N) is 2. The van der Waals surface area contributed by atoms with Crippen molar-refractivity contribution in [3.05, 3.63) is 35.6 Å². The summed E-state index contributed by atoms with van der Waals surface area (Å²) in [4.78, 5) is 5.56. The van der Waals surface area contributed by atoms with Crippen LogP contribution in [0.5, 0.6) is 0 Å². The van der Waals surface area contributed by atoms with Gasteiger partial charge in [0.15, 0.2) is 5.96 Å². The molecule has 1 aliphatic heterocycles. The standard InChI is InChI=1S/C17H24F4N4.HI/c1-22-16(23-8-6-13-2-4-15(18)5-3-13)24-10-14-7-9-25(11-14)12-17(19,20)21;/h2-5,14H,6-12H2,1H3,(H2,22,23,24);1H. The predicted molar refractivity (Wildman–Crippen MR) is 105 cm³/mol. The van der Waals surface area contributed by atoms with E-state index in [-0.39, 0.29) is 35.7 Å². The van der Waals surface area contributed by atoms with Gasteiger partial charge in [-0.3, -0.25) is 9.89 Å². The lowest BCUT2D eigenvalue weighted by molar-refractivity contribution is -0.143. The molecule has 2 rings (SSSR count). The van der Waals surface area contributed by atoms with Crippen molar-refractivity contribution in [2.75, 3.05) is 39.8 Å². The fourth-order valence-corrected chi connectivity index (χ4v) is 2.91. The number of rotatable bonds is 6. The number of guanidine groups is 1. The number of nitrogens with one attached hydrogen (secondary N) is 2. The molecule has 1 atom stereocenters. The van der Waals surface area contributed by atoms with Crippen LogP contribution in [0.15, 0.2) is 29.3 Å². The van der Waals surface area contributed by atoms with Crippen molar-refractivity contribution in [3.8, 4) is 0 Å². The van der Waals surface area contributed by atoms with Gasteiger partial charge in [-0.15, -0.1) is 24.0 Å². The van der Waals surface area contributed by atoms with Crippen LogP contribution in [0.4, 0.5) is 17.6 Å². The summed E-state index contributed by atoms with van der Waals surface area (Å²) in [6.07, 6.45) is -2.67. The average molecular weight is 488 g/mol. The normalized spacial score (nSPS) is 18.5. The van der Waals surface area contributed by atoms with Crippen LogP contribution in [0.1, 0.15) is 12.0 Å². The third kappa shape index (κ3) is 8.52. The minimum absolute atomic E-state index is 0. The molecule has 0 bridgehead atoms. The van der Waals surface area contributed by atoms with Gasteiger partial charge in [0.05, 0.1) is 6.54 Å². The van der Waals surface area contributed by atoms with Gasteiger partial charge in [0.25, 0.3) is 0 Å². The third-order valence-electron chi connectivity index (χ3n) is 4.17. The van der Waals surface area contributed by atoms with Gasteiger partial charge in [0.1, 0.15) is 5.82 Å². The number of aliphatic imine (C=N–C) groups is 1. The number of benzene rings is 1. The summed E-state index contributed by atoms with van der Waals surface area (Å²) >= 11 is 0. The zero-order valence-corrected chi connectivity index (χ0v) is 17.0. The SMILES string of the molecule is CN=C(NCCc1ccc(F)cc1)NCC1CCN(CC(F)(F)F)C1.I. The molecule has 1 heterocycles. The van der Waals surface area contributed by atoms with E-state index in [2.05, 4.69) is 15.6 Å². The van der Waals surface area contributed by atoms with Crippen molar-refractivity contribution >= 4 is 29.9 Å². The number of hydrogen-bond acceptors (Lipinski definition) is 2. The zero-order chi connectivity index (χ0) is 18.3. The maximum atomic E-state index is 12.8. The van der Waals surface area contributed by atoms with Gasteiger partial charge in [0.2, 0.25) is 0 Å². The summed E-state index contributed by atoms with van der Waals surface area (Å²) in [7, 11) is 1.65. The van der Waals surface area contributed by atoms with E-state index in [1.54, 1.807) is 19.2 Å². The molecule has 0 aromatic heterocycles. The van der Waals surface area contributed by atoms with Crippen LogP contribution in [-0.4, -0.2) is 56.8 Å². The van der Waals surface area contributed by atoms with E-state index in [0.717, 1.165) is 18.4 Å². The van der Waals surface area contributed by atoms with Gasteiger partial charge in [-0.1, -0.05) is 12.1 Å². The largest absolute Gasteiger partial charge is 0.401 e. The molecule has 2 N–H and O–H groups in total. The lowest BCUT2D eigenvalue weighted by atomic mass is 10.1. The fraction of sp³-hybridized carbons (Fsp3) is 0.588. The van der Waals surface area contributed by atoms with E-state index in [1.807, 2.05) is 0 Å². The second kappa shape index (κ2) is 10.9. The molecule has 4 nitrogen and oxygen atoms in total. The Balaban J connectivity index is 0.00000338. The first kappa shape index (κ1) is 22.9.